The number of nitrogens with zero attached hydrogens (tertiary/aromatic N) is 1. The lowest BCUT2D eigenvalue weighted by Gasteiger charge is -2.33. The zero-order valence-corrected chi connectivity index (χ0v) is 9.42. The number of hydrogen-bond donors (Lipinski definition) is 1. The van der Waals surface area contributed by atoms with Crippen molar-refractivity contribution < 1.29 is 0 Å². The molecule has 1 saturated carbocycles. The molecule has 0 heterocycles. The predicted molar refractivity (Wildman–Crippen MR) is 58.9 cm³/mol. The molecule has 2 heteroatoms. The number of rotatable bonds is 4. The van der Waals surface area contributed by atoms with Gasteiger partial charge in [0.15, 0.2) is 0 Å². The maximum atomic E-state index is 8.90. The van der Waals surface area contributed by atoms with E-state index in [1.807, 2.05) is 0 Å². The second kappa shape index (κ2) is 6.03. The molecule has 3 unspecified atom stereocenters. The van der Waals surface area contributed by atoms with Gasteiger partial charge in [0.25, 0.3) is 0 Å². The van der Waals surface area contributed by atoms with E-state index in [0.717, 1.165) is 12.3 Å². The van der Waals surface area contributed by atoms with Gasteiger partial charge in [-0.3, -0.25) is 5.32 Å². The van der Waals surface area contributed by atoms with Crippen molar-refractivity contribution in [2.75, 3.05) is 0 Å². The van der Waals surface area contributed by atoms with E-state index in [2.05, 4.69) is 25.2 Å². The Hall–Kier alpha value is -0.550. The van der Waals surface area contributed by atoms with E-state index in [1.54, 1.807) is 0 Å². The Morgan fingerprint density at radius 3 is 2.64 bits per heavy atom. The van der Waals surface area contributed by atoms with Crippen LogP contribution in [0.4, 0.5) is 0 Å². The number of nitrogens with one attached hydrogen (secondary N) is 1. The average Bonchev–Trinajstić information content (AvgIpc) is 2.26. The Kier molecular flexibility index (Phi) is 4.97. The summed E-state index contributed by atoms with van der Waals surface area (Å²) in [4.78, 5) is 0. The summed E-state index contributed by atoms with van der Waals surface area (Å²) in [7, 11) is 0. The van der Waals surface area contributed by atoms with Crippen LogP contribution in [0.2, 0.25) is 0 Å². The lowest BCUT2D eigenvalue weighted by molar-refractivity contribution is 0.245. The summed E-state index contributed by atoms with van der Waals surface area (Å²) >= 11 is 0. The summed E-state index contributed by atoms with van der Waals surface area (Å²) in [6, 6.07) is 2.99. The topological polar surface area (TPSA) is 35.8 Å². The van der Waals surface area contributed by atoms with Gasteiger partial charge in [-0.15, -0.1) is 0 Å². The molecule has 3 atom stereocenters. The highest BCUT2D eigenvalue weighted by atomic mass is 15.0. The van der Waals surface area contributed by atoms with Crippen LogP contribution in [0.1, 0.15) is 52.4 Å². The molecule has 1 rings (SSSR count). The highest BCUT2D eigenvalue weighted by molar-refractivity contribution is 4.93. The van der Waals surface area contributed by atoms with Crippen LogP contribution < -0.4 is 5.32 Å². The van der Waals surface area contributed by atoms with Crippen LogP contribution in [0.3, 0.4) is 0 Å². The van der Waals surface area contributed by atoms with Gasteiger partial charge in [0, 0.05) is 6.04 Å². The standard InChI is InChI=1S/C12H22N2/c1-3-10-7-5-6-8-12(10)14-11(4-2)9-13/h10-12,14H,3-8H2,1-2H3. The maximum absolute atomic E-state index is 8.90. The number of nitriles is 1. The molecule has 14 heavy (non-hydrogen) atoms. The molecule has 0 spiro atoms. The van der Waals surface area contributed by atoms with Gasteiger partial charge in [0.05, 0.1) is 12.1 Å². The van der Waals surface area contributed by atoms with Crippen molar-refractivity contribution >= 4 is 0 Å². The molecule has 1 fully saturated rings. The third kappa shape index (κ3) is 2.99. The molecule has 0 radical (unpaired) electrons. The first-order valence-electron chi connectivity index (χ1n) is 5.97. The molecular formula is C12H22N2. The summed E-state index contributed by atoms with van der Waals surface area (Å²) in [5.41, 5.74) is 0. The lowest BCUT2D eigenvalue weighted by atomic mass is 9.82. The van der Waals surface area contributed by atoms with E-state index in [9.17, 15) is 0 Å². The van der Waals surface area contributed by atoms with Gasteiger partial charge in [-0.2, -0.15) is 5.26 Å². The van der Waals surface area contributed by atoms with Gasteiger partial charge in [-0.25, -0.2) is 0 Å². The SMILES string of the molecule is CCC(C#N)NC1CCCCC1CC. The highest BCUT2D eigenvalue weighted by Crippen LogP contribution is 2.27. The minimum atomic E-state index is 0.0622. The summed E-state index contributed by atoms with van der Waals surface area (Å²) in [5.74, 6) is 0.797. The van der Waals surface area contributed by atoms with E-state index < -0.39 is 0 Å². The van der Waals surface area contributed by atoms with Crippen LogP contribution in [0, 0.1) is 17.2 Å². The van der Waals surface area contributed by atoms with Gasteiger partial charge in [-0.1, -0.05) is 33.1 Å². The number of hydrogen-bond acceptors (Lipinski definition) is 2. The van der Waals surface area contributed by atoms with Crippen LogP contribution in [-0.2, 0) is 0 Å². The molecule has 1 aliphatic carbocycles. The summed E-state index contributed by atoms with van der Waals surface area (Å²) in [5, 5.41) is 12.4. The van der Waals surface area contributed by atoms with E-state index in [4.69, 9.17) is 5.26 Å². The fraction of sp³-hybridized carbons (Fsp3) is 0.917. The van der Waals surface area contributed by atoms with Crippen molar-refractivity contribution in [1.29, 1.82) is 5.26 Å². The van der Waals surface area contributed by atoms with Crippen LogP contribution in [0.15, 0.2) is 0 Å². The lowest BCUT2D eigenvalue weighted by Crippen LogP contribution is -2.43. The van der Waals surface area contributed by atoms with Crippen molar-refractivity contribution in [2.24, 2.45) is 5.92 Å². The molecule has 1 N–H and O–H groups in total. The van der Waals surface area contributed by atoms with Crippen LogP contribution in [-0.4, -0.2) is 12.1 Å². The van der Waals surface area contributed by atoms with Crippen LogP contribution in [0.5, 0.6) is 0 Å². The molecule has 2 nitrogen and oxygen atoms in total. The van der Waals surface area contributed by atoms with Gasteiger partial charge in [0.1, 0.15) is 0 Å². The molecule has 0 aromatic heterocycles. The van der Waals surface area contributed by atoms with E-state index >= 15 is 0 Å². The Labute approximate surface area is 87.7 Å². The van der Waals surface area contributed by atoms with Crippen molar-refractivity contribution in [2.45, 2.75) is 64.5 Å². The van der Waals surface area contributed by atoms with E-state index in [-0.39, 0.29) is 6.04 Å². The van der Waals surface area contributed by atoms with Crippen molar-refractivity contribution in [3.63, 3.8) is 0 Å². The van der Waals surface area contributed by atoms with Gasteiger partial charge >= 0.3 is 0 Å². The average molecular weight is 194 g/mol. The molecular weight excluding hydrogens is 172 g/mol. The van der Waals surface area contributed by atoms with Crippen molar-refractivity contribution in [1.82, 2.24) is 5.32 Å². The Balaban J connectivity index is 2.44. The first-order valence-corrected chi connectivity index (χ1v) is 5.97. The molecule has 1 aliphatic rings. The minimum absolute atomic E-state index is 0.0622. The molecule has 0 aromatic rings. The van der Waals surface area contributed by atoms with Crippen LogP contribution in [0.25, 0.3) is 0 Å². The predicted octanol–water partition coefficient (Wildman–Crippen LogP) is 2.85. The quantitative estimate of drug-likeness (QED) is 0.747. The molecule has 0 bridgehead atoms. The minimum Gasteiger partial charge on any atom is -0.299 e. The Morgan fingerprint density at radius 2 is 2.07 bits per heavy atom. The zero-order valence-electron chi connectivity index (χ0n) is 9.42. The highest BCUT2D eigenvalue weighted by Gasteiger charge is 2.24. The molecule has 80 valence electrons. The van der Waals surface area contributed by atoms with E-state index in [1.165, 1.54) is 32.1 Å². The maximum Gasteiger partial charge on any atom is 0.0952 e. The van der Waals surface area contributed by atoms with Crippen molar-refractivity contribution in [3.8, 4) is 6.07 Å². The monoisotopic (exact) mass is 194 g/mol. The molecule has 0 saturated heterocycles. The summed E-state index contributed by atoms with van der Waals surface area (Å²) in [6.45, 7) is 4.34. The fourth-order valence-electron chi connectivity index (χ4n) is 2.42. The largest absolute Gasteiger partial charge is 0.299 e. The van der Waals surface area contributed by atoms with Gasteiger partial charge in [0.2, 0.25) is 0 Å². The summed E-state index contributed by atoms with van der Waals surface area (Å²) in [6.07, 6.45) is 7.48. The second-order valence-corrected chi connectivity index (χ2v) is 4.32. The van der Waals surface area contributed by atoms with Gasteiger partial charge in [-0.05, 0) is 25.2 Å². The first-order chi connectivity index (χ1) is 6.81. The third-order valence-electron chi connectivity index (χ3n) is 3.41. The normalized spacial score (nSPS) is 29.5. The summed E-state index contributed by atoms with van der Waals surface area (Å²) < 4.78 is 0. The first kappa shape index (κ1) is 11.5. The third-order valence-corrected chi connectivity index (χ3v) is 3.41. The molecule has 0 amide bonds. The van der Waals surface area contributed by atoms with Crippen LogP contribution >= 0.6 is 0 Å². The Bertz CT molecular complexity index is 195. The van der Waals surface area contributed by atoms with Gasteiger partial charge < -0.3 is 0 Å². The van der Waals surface area contributed by atoms with Crippen molar-refractivity contribution in [3.05, 3.63) is 0 Å². The fourth-order valence-corrected chi connectivity index (χ4v) is 2.42. The second-order valence-electron chi connectivity index (χ2n) is 4.32. The Morgan fingerprint density at radius 1 is 1.36 bits per heavy atom. The smallest absolute Gasteiger partial charge is 0.0952 e. The molecule has 0 aromatic carbocycles. The molecule has 0 aliphatic heterocycles. The van der Waals surface area contributed by atoms with E-state index in [0.29, 0.717) is 6.04 Å². The zero-order chi connectivity index (χ0) is 10.4.